The molecule has 0 saturated carbocycles. The number of benzene rings is 1. The van der Waals surface area contributed by atoms with Crippen LogP contribution in [0.2, 0.25) is 0 Å². The summed E-state index contributed by atoms with van der Waals surface area (Å²) in [6, 6.07) is 11.0. The first kappa shape index (κ1) is 16.5. The van der Waals surface area contributed by atoms with Gasteiger partial charge in [-0.2, -0.15) is 15.8 Å². The van der Waals surface area contributed by atoms with E-state index in [-0.39, 0.29) is 12.5 Å². The zero-order valence-corrected chi connectivity index (χ0v) is 11.5. The molecule has 1 aromatic carbocycles. The highest BCUT2D eigenvalue weighted by Gasteiger charge is 2.12. The highest BCUT2D eigenvalue weighted by Crippen LogP contribution is 2.29. The molecule has 0 bridgehead atoms. The van der Waals surface area contributed by atoms with Crippen molar-refractivity contribution >= 4 is 0 Å². The third-order valence-electron chi connectivity index (χ3n) is 2.36. The lowest BCUT2D eigenvalue weighted by Gasteiger charge is -2.13. The second-order valence-electron chi connectivity index (χ2n) is 3.57. The third-order valence-corrected chi connectivity index (χ3v) is 2.36. The molecule has 0 aliphatic rings. The van der Waals surface area contributed by atoms with Crippen molar-refractivity contribution in [3.8, 4) is 24.0 Å². The summed E-state index contributed by atoms with van der Waals surface area (Å²) in [5, 5.41) is 26.0. The van der Waals surface area contributed by atoms with E-state index in [1.807, 2.05) is 32.9 Å². The van der Waals surface area contributed by atoms with Gasteiger partial charge in [0, 0.05) is 6.42 Å². The average Bonchev–Trinajstić information content (AvgIpc) is 2.47. The van der Waals surface area contributed by atoms with Crippen LogP contribution in [0.15, 0.2) is 18.2 Å². The topological polar surface area (TPSA) is 80.6 Å². The van der Waals surface area contributed by atoms with E-state index >= 15 is 0 Å². The zero-order valence-electron chi connectivity index (χ0n) is 11.5. The monoisotopic (exact) mass is 255 g/mol. The van der Waals surface area contributed by atoms with Crippen molar-refractivity contribution in [2.75, 3.05) is 6.61 Å². The Bertz CT molecular complexity index is 518. The molecular formula is C15H17N3O. The fraction of sp³-hybridized carbons (Fsp3) is 0.400. The van der Waals surface area contributed by atoms with Gasteiger partial charge >= 0.3 is 0 Å². The molecule has 0 N–H and O–H groups in total. The molecule has 1 atom stereocenters. The van der Waals surface area contributed by atoms with E-state index < -0.39 is 0 Å². The summed E-state index contributed by atoms with van der Waals surface area (Å²) in [6.07, 6.45) is 0.345. The second kappa shape index (κ2) is 9.51. The second-order valence-corrected chi connectivity index (χ2v) is 3.57. The van der Waals surface area contributed by atoms with Crippen LogP contribution in [-0.4, -0.2) is 6.61 Å². The van der Waals surface area contributed by atoms with E-state index in [1.165, 1.54) is 0 Å². The van der Waals surface area contributed by atoms with Crippen molar-refractivity contribution in [2.24, 2.45) is 0 Å². The molecular weight excluding hydrogens is 238 g/mol. The molecule has 1 unspecified atom stereocenters. The maximum atomic E-state index is 8.83. The van der Waals surface area contributed by atoms with Gasteiger partial charge in [-0.1, -0.05) is 20.8 Å². The first-order valence-corrected chi connectivity index (χ1v) is 6.13. The van der Waals surface area contributed by atoms with Gasteiger partial charge in [0.15, 0.2) is 6.61 Å². The smallest absolute Gasteiger partial charge is 0.174 e. The lowest BCUT2D eigenvalue weighted by Crippen LogP contribution is -2.01. The van der Waals surface area contributed by atoms with Gasteiger partial charge in [-0.3, -0.25) is 0 Å². The van der Waals surface area contributed by atoms with E-state index in [2.05, 4.69) is 6.07 Å². The fourth-order valence-electron chi connectivity index (χ4n) is 1.49. The SMILES string of the molecule is CC.CC(CC#N)c1cc(C#N)ccc1OCC#N. The quantitative estimate of drug-likeness (QED) is 0.824. The van der Waals surface area contributed by atoms with Gasteiger partial charge in [0.25, 0.3) is 0 Å². The van der Waals surface area contributed by atoms with Crippen LogP contribution >= 0.6 is 0 Å². The molecule has 4 heteroatoms. The van der Waals surface area contributed by atoms with Crippen molar-refractivity contribution in [2.45, 2.75) is 33.1 Å². The van der Waals surface area contributed by atoms with Crippen LogP contribution < -0.4 is 4.74 Å². The van der Waals surface area contributed by atoms with E-state index in [0.717, 1.165) is 5.56 Å². The molecule has 0 aliphatic carbocycles. The van der Waals surface area contributed by atoms with E-state index in [1.54, 1.807) is 18.2 Å². The normalized spacial score (nSPS) is 9.89. The largest absolute Gasteiger partial charge is 0.478 e. The van der Waals surface area contributed by atoms with Crippen LogP contribution in [0.1, 0.15) is 44.2 Å². The fourth-order valence-corrected chi connectivity index (χ4v) is 1.49. The lowest BCUT2D eigenvalue weighted by atomic mass is 9.96. The van der Waals surface area contributed by atoms with Gasteiger partial charge < -0.3 is 4.74 Å². The highest BCUT2D eigenvalue weighted by atomic mass is 16.5. The number of nitrogens with zero attached hydrogens (tertiary/aromatic N) is 3. The minimum atomic E-state index is -0.0435. The maximum Gasteiger partial charge on any atom is 0.174 e. The van der Waals surface area contributed by atoms with Crippen LogP contribution in [0.25, 0.3) is 0 Å². The van der Waals surface area contributed by atoms with Crippen molar-refractivity contribution in [3.05, 3.63) is 29.3 Å². The number of hydrogen-bond donors (Lipinski definition) is 0. The molecule has 0 saturated heterocycles. The number of nitriles is 3. The van der Waals surface area contributed by atoms with Crippen molar-refractivity contribution in [1.29, 1.82) is 15.8 Å². The molecule has 1 aromatic rings. The molecule has 0 aromatic heterocycles. The van der Waals surface area contributed by atoms with E-state index in [4.69, 9.17) is 20.5 Å². The van der Waals surface area contributed by atoms with E-state index in [0.29, 0.717) is 17.7 Å². The van der Waals surface area contributed by atoms with Gasteiger partial charge in [0.2, 0.25) is 0 Å². The molecule has 1 rings (SSSR count). The Morgan fingerprint density at radius 3 is 2.37 bits per heavy atom. The Morgan fingerprint density at radius 1 is 1.16 bits per heavy atom. The van der Waals surface area contributed by atoms with Gasteiger partial charge in [-0.05, 0) is 29.7 Å². The third kappa shape index (κ3) is 5.11. The summed E-state index contributed by atoms with van der Waals surface area (Å²) < 4.78 is 5.27. The van der Waals surface area contributed by atoms with Crippen LogP contribution in [0.5, 0.6) is 5.75 Å². The lowest BCUT2D eigenvalue weighted by molar-refractivity contribution is 0.361. The molecule has 98 valence electrons. The first-order chi connectivity index (χ1) is 9.22. The summed E-state index contributed by atoms with van der Waals surface area (Å²) in [5.74, 6) is 0.537. The van der Waals surface area contributed by atoms with Gasteiger partial charge in [0.05, 0.1) is 17.7 Å². The van der Waals surface area contributed by atoms with Gasteiger partial charge in [0.1, 0.15) is 11.8 Å². The van der Waals surface area contributed by atoms with Gasteiger partial charge in [-0.15, -0.1) is 0 Å². The van der Waals surface area contributed by atoms with E-state index in [9.17, 15) is 0 Å². The maximum absolute atomic E-state index is 8.83. The molecule has 0 radical (unpaired) electrons. The van der Waals surface area contributed by atoms with Crippen molar-refractivity contribution in [1.82, 2.24) is 0 Å². The minimum absolute atomic E-state index is 0.0259. The molecule has 0 fully saturated rings. The molecule has 0 heterocycles. The van der Waals surface area contributed by atoms with Crippen molar-refractivity contribution in [3.63, 3.8) is 0 Å². The number of ether oxygens (including phenoxy) is 1. The van der Waals surface area contributed by atoms with Crippen LogP contribution in [0.3, 0.4) is 0 Å². The summed E-state index contributed by atoms with van der Waals surface area (Å²) in [7, 11) is 0. The highest BCUT2D eigenvalue weighted by molar-refractivity contribution is 5.44. The summed E-state index contributed by atoms with van der Waals surface area (Å²) in [6.45, 7) is 5.84. The summed E-state index contributed by atoms with van der Waals surface area (Å²) in [5.41, 5.74) is 1.31. The predicted molar refractivity (Wildman–Crippen MR) is 72.3 cm³/mol. The molecule has 0 amide bonds. The molecule has 0 spiro atoms. The molecule has 19 heavy (non-hydrogen) atoms. The van der Waals surface area contributed by atoms with Crippen LogP contribution in [0.4, 0.5) is 0 Å². The molecule has 0 aliphatic heterocycles. The minimum Gasteiger partial charge on any atom is -0.478 e. The Kier molecular flexibility index (Phi) is 8.26. The number of hydrogen-bond acceptors (Lipinski definition) is 4. The summed E-state index contributed by atoms with van der Waals surface area (Å²) in [4.78, 5) is 0. The number of rotatable bonds is 4. The zero-order chi connectivity index (χ0) is 14.7. The van der Waals surface area contributed by atoms with Gasteiger partial charge in [-0.25, -0.2) is 0 Å². The Balaban J connectivity index is 0.00000154. The first-order valence-electron chi connectivity index (χ1n) is 6.13. The molecule has 4 nitrogen and oxygen atoms in total. The Labute approximate surface area is 114 Å². The average molecular weight is 255 g/mol. The van der Waals surface area contributed by atoms with Crippen LogP contribution in [-0.2, 0) is 0 Å². The predicted octanol–water partition coefficient (Wildman–Crippen LogP) is 3.50. The summed E-state index contributed by atoms with van der Waals surface area (Å²) >= 11 is 0. The standard InChI is InChI=1S/C13H11N3O.C2H6/c1-10(4-5-14)12-8-11(9-16)2-3-13(12)17-7-6-15;1-2/h2-3,8,10H,4,7H2,1H3;1-2H3. The van der Waals surface area contributed by atoms with Crippen molar-refractivity contribution < 1.29 is 4.74 Å². The van der Waals surface area contributed by atoms with Crippen LogP contribution in [0, 0.1) is 34.0 Å². The Morgan fingerprint density at radius 2 is 1.84 bits per heavy atom. The Hall–Kier alpha value is -2.51.